The molecule has 2 heterocycles. The van der Waals surface area contributed by atoms with Crippen molar-refractivity contribution in [3.05, 3.63) is 34.9 Å². The van der Waals surface area contributed by atoms with Crippen molar-refractivity contribution < 1.29 is 29.0 Å². The van der Waals surface area contributed by atoms with Crippen LogP contribution in [0.25, 0.3) is 0 Å². The zero-order chi connectivity index (χ0) is 25.9. The molecule has 2 amide bonds. The van der Waals surface area contributed by atoms with Gasteiger partial charge in [-0.25, -0.2) is 0 Å². The molecular formula is C26H40N4O6. The fourth-order valence-corrected chi connectivity index (χ4v) is 4.90. The second kappa shape index (κ2) is 14.3. The Bertz CT molecular complexity index is 887. The predicted molar refractivity (Wildman–Crippen MR) is 134 cm³/mol. The summed E-state index contributed by atoms with van der Waals surface area (Å²) in [5.41, 5.74) is 8.16. The minimum Gasteiger partial charge on any atom is -0.469 e. The van der Waals surface area contributed by atoms with E-state index in [0.29, 0.717) is 25.3 Å². The highest BCUT2D eigenvalue weighted by molar-refractivity contribution is 6.01. The van der Waals surface area contributed by atoms with Crippen LogP contribution in [0.15, 0.2) is 18.2 Å². The van der Waals surface area contributed by atoms with Crippen LogP contribution in [0.3, 0.4) is 0 Å². The molecule has 1 fully saturated rings. The third-order valence-electron chi connectivity index (χ3n) is 7.03. The molecule has 0 aliphatic carbocycles. The van der Waals surface area contributed by atoms with Crippen molar-refractivity contribution in [2.24, 2.45) is 5.73 Å². The summed E-state index contributed by atoms with van der Waals surface area (Å²) < 4.78 is 10.5. The Morgan fingerprint density at radius 3 is 2.47 bits per heavy atom. The van der Waals surface area contributed by atoms with Crippen LogP contribution in [0.5, 0.6) is 0 Å². The van der Waals surface area contributed by atoms with Crippen LogP contribution >= 0.6 is 0 Å². The number of nitrogens with zero attached hydrogens (tertiary/aromatic N) is 3. The number of rotatable bonds is 15. The van der Waals surface area contributed by atoms with Gasteiger partial charge in [0.25, 0.3) is 5.91 Å². The van der Waals surface area contributed by atoms with E-state index in [9.17, 15) is 14.4 Å². The van der Waals surface area contributed by atoms with Crippen LogP contribution in [0, 0.1) is 0 Å². The second-order valence-corrected chi connectivity index (χ2v) is 9.39. The lowest BCUT2D eigenvalue weighted by atomic mass is 10.00. The molecule has 0 spiro atoms. The molecule has 10 heteroatoms. The number of carbonyl (C=O) groups excluding carboxylic acids is 3. The van der Waals surface area contributed by atoms with Gasteiger partial charge in [0.1, 0.15) is 6.04 Å². The van der Waals surface area contributed by atoms with Crippen molar-refractivity contribution in [3.8, 4) is 0 Å². The van der Waals surface area contributed by atoms with Gasteiger partial charge in [0, 0.05) is 71.0 Å². The van der Waals surface area contributed by atoms with E-state index in [0.717, 1.165) is 69.7 Å². The molecule has 1 aromatic rings. The highest BCUT2D eigenvalue weighted by Gasteiger charge is 2.36. The molecular weight excluding hydrogens is 464 g/mol. The van der Waals surface area contributed by atoms with E-state index in [1.165, 1.54) is 12.0 Å². The number of hydrogen-bond acceptors (Lipinski definition) is 8. The topological polar surface area (TPSA) is 126 Å². The summed E-state index contributed by atoms with van der Waals surface area (Å²) in [6.07, 6.45) is 2.61. The maximum Gasteiger partial charge on any atom is 0.305 e. The summed E-state index contributed by atoms with van der Waals surface area (Å²) in [5, 5.41) is 8.96. The third kappa shape index (κ3) is 7.73. The molecule has 0 unspecified atom stereocenters. The summed E-state index contributed by atoms with van der Waals surface area (Å²) in [6.45, 7) is 7.90. The molecule has 3 rings (SSSR count). The first-order valence-electron chi connectivity index (χ1n) is 12.9. The van der Waals surface area contributed by atoms with E-state index in [1.807, 2.05) is 12.1 Å². The van der Waals surface area contributed by atoms with Crippen molar-refractivity contribution in [1.82, 2.24) is 14.7 Å². The standard InChI is InChI=1S/C26H40N4O6/c1-35-24(32)9-8-23(25(27)33)30-19-22-20(5-2-7-21(22)26(30)34)6-3-17-36-18-15-29-13-11-28(12-14-29)10-4-16-31/h2,5,7,23,31H,3-4,6,8-19H2,1H3,(H2,27,33)/t23-/m0/s1. The van der Waals surface area contributed by atoms with E-state index in [4.69, 9.17) is 15.6 Å². The van der Waals surface area contributed by atoms with E-state index in [2.05, 4.69) is 14.5 Å². The number of fused-ring (bicyclic) bond motifs is 1. The predicted octanol–water partition coefficient (Wildman–Crippen LogP) is 0.399. The van der Waals surface area contributed by atoms with Gasteiger partial charge < -0.3 is 30.1 Å². The lowest BCUT2D eigenvalue weighted by Crippen LogP contribution is -2.47. The van der Waals surface area contributed by atoms with Crippen LogP contribution in [0.2, 0.25) is 0 Å². The normalized spacial score (nSPS) is 17.3. The number of benzene rings is 1. The highest BCUT2D eigenvalue weighted by Crippen LogP contribution is 2.29. The molecule has 0 bridgehead atoms. The minimum absolute atomic E-state index is 0.0217. The average Bonchev–Trinajstić information content (AvgIpc) is 3.22. The van der Waals surface area contributed by atoms with Gasteiger partial charge in [-0.05, 0) is 42.9 Å². The van der Waals surface area contributed by atoms with Gasteiger partial charge in [-0.15, -0.1) is 0 Å². The van der Waals surface area contributed by atoms with Gasteiger partial charge in [-0.3, -0.25) is 19.3 Å². The van der Waals surface area contributed by atoms with E-state index >= 15 is 0 Å². The average molecular weight is 505 g/mol. The smallest absolute Gasteiger partial charge is 0.305 e. The van der Waals surface area contributed by atoms with Gasteiger partial charge in [0.2, 0.25) is 5.91 Å². The maximum atomic E-state index is 13.0. The lowest BCUT2D eigenvalue weighted by Gasteiger charge is -2.34. The molecule has 10 nitrogen and oxygen atoms in total. The number of ether oxygens (including phenoxy) is 2. The van der Waals surface area contributed by atoms with Gasteiger partial charge in [-0.2, -0.15) is 0 Å². The molecule has 3 N–H and O–H groups in total. The van der Waals surface area contributed by atoms with Crippen LogP contribution in [0.1, 0.15) is 47.2 Å². The Hall–Kier alpha value is -2.53. The fourth-order valence-electron chi connectivity index (χ4n) is 4.90. The SMILES string of the molecule is COC(=O)CC[C@@H](C(N)=O)N1Cc2c(CCCOCCN3CCN(CCCO)CC3)cccc2C1=O. The number of piperazine rings is 1. The number of primary amides is 1. The molecule has 1 saturated heterocycles. The monoisotopic (exact) mass is 504 g/mol. The molecule has 0 saturated carbocycles. The highest BCUT2D eigenvalue weighted by atomic mass is 16.5. The number of nitrogens with two attached hydrogens (primary N) is 1. The second-order valence-electron chi connectivity index (χ2n) is 9.39. The lowest BCUT2D eigenvalue weighted by molar-refractivity contribution is -0.141. The van der Waals surface area contributed by atoms with Gasteiger partial charge >= 0.3 is 5.97 Å². The van der Waals surface area contributed by atoms with E-state index in [1.54, 1.807) is 6.07 Å². The Morgan fingerprint density at radius 2 is 1.81 bits per heavy atom. The number of aliphatic hydroxyl groups excluding tert-OH is 1. The van der Waals surface area contributed by atoms with Crippen LogP contribution in [-0.4, -0.2) is 110 Å². The molecule has 1 aromatic carbocycles. The molecule has 200 valence electrons. The van der Waals surface area contributed by atoms with Crippen molar-refractivity contribution >= 4 is 17.8 Å². The van der Waals surface area contributed by atoms with Gasteiger partial charge in [-0.1, -0.05) is 12.1 Å². The van der Waals surface area contributed by atoms with Crippen LogP contribution in [-0.2, 0) is 32.0 Å². The molecule has 2 aliphatic heterocycles. The van der Waals surface area contributed by atoms with E-state index in [-0.39, 0.29) is 25.4 Å². The first-order valence-corrected chi connectivity index (χ1v) is 12.9. The van der Waals surface area contributed by atoms with Gasteiger partial charge in [0.15, 0.2) is 0 Å². The minimum atomic E-state index is -0.850. The molecule has 36 heavy (non-hydrogen) atoms. The summed E-state index contributed by atoms with van der Waals surface area (Å²) >= 11 is 0. The maximum absolute atomic E-state index is 13.0. The Kier molecular flexibility index (Phi) is 11.1. The number of aliphatic hydroxyl groups is 1. The largest absolute Gasteiger partial charge is 0.469 e. The molecule has 1 atom stereocenters. The van der Waals surface area contributed by atoms with Gasteiger partial charge in [0.05, 0.1) is 13.7 Å². The number of aryl methyl sites for hydroxylation is 1. The molecule has 2 aliphatic rings. The Morgan fingerprint density at radius 1 is 1.08 bits per heavy atom. The molecule has 0 radical (unpaired) electrons. The first-order chi connectivity index (χ1) is 17.4. The fraction of sp³-hybridized carbons (Fsp3) is 0.654. The zero-order valence-electron chi connectivity index (χ0n) is 21.3. The molecule has 0 aromatic heterocycles. The van der Waals surface area contributed by atoms with Crippen LogP contribution in [0.4, 0.5) is 0 Å². The van der Waals surface area contributed by atoms with Crippen molar-refractivity contribution in [3.63, 3.8) is 0 Å². The first kappa shape index (κ1) is 28.0. The summed E-state index contributed by atoms with van der Waals surface area (Å²) in [6, 6.07) is 4.81. The Balaban J connectivity index is 1.42. The number of amides is 2. The van der Waals surface area contributed by atoms with E-state index < -0.39 is 17.9 Å². The Labute approximate surface area is 213 Å². The van der Waals surface area contributed by atoms with Crippen molar-refractivity contribution in [1.29, 1.82) is 0 Å². The number of carbonyl (C=O) groups is 3. The van der Waals surface area contributed by atoms with Crippen molar-refractivity contribution in [2.45, 2.75) is 44.7 Å². The number of methoxy groups -OCH3 is 1. The quantitative estimate of drug-likeness (QED) is 0.260. The van der Waals surface area contributed by atoms with Crippen molar-refractivity contribution in [2.75, 3.05) is 66.2 Å². The van der Waals surface area contributed by atoms with Crippen LogP contribution < -0.4 is 5.73 Å². The number of esters is 1. The third-order valence-corrected chi connectivity index (χ3v) is 7.03. The summed E-state index contributed by atoms with van der Waals surface area (Å²) in [5.74, 6) is -1.29. The summed E-state index contributed by atoms with van der Waals surface area (Å²) in [7, 11) is 1.29. The number of hydrogen-bond donors (Lipinski definition) is 2. The summed E-state index contributed by atoms with van der Waals surface area (Å²) in [4.78, 5) is 42.9. The zero-order valence-corrected chi connectivity index (χ0v) is 21.3.